The highest BCUT2D eigenvalue weighted by Crippen LogP contribution is 2.22. The average Bonchev–Trinajstić information content (AvgIpc) is 2.83. The molecule has 0 spiro atoms. The first-order chi connectivity index (χ1) is 12.0. The van der Waals surface area contributed by atoms with E-state index in [1.807, 2.05) is 32.5 Å². The minimum absolute atomic E-state index is 0.0485. The number of carbonyl (C=O) groups excluding carboxylic acids is 1. The van der Waals surface area contributed by atoms with Gasteiger partial charge in [-0.3, -0.25) is 9.48 Å². The van der Waals surface area contributed by atoms with E-state index < -0.39 is 9.84 Å². The zero-order valence-corrected chi connectivity index (χ0v) is 17.1. The zero-order valence-electron chi connectivity index (χ0n) is 16.3. The van der Waals surface area contributed by atoms with Crippen molar-refractivity contribution in [1.29, 1.82) is 0 Å². The lowest BCUT2D eigenvalue weighted by Gasteiger charge is -2.25. The molecule has 0 radical (unpaired) electrons. The predicted molar refractivity (Wildman–Crippen MR) is 102 cm³/mol. The van der Waals surface area contributed by atoms with Crippen LogP contribution in [-0.2, 0) is 28.1 Å². The standard InChI is InChI=1S/C19H27N3O3S/c1-13-18(15(3)22(5)20-13)11-12-19(23)21(4)14(2)16-7-9-17(10-8-16)26(6,24)25/h7-10,14H,11-12H2,1-6H3. The Bertz CT molecular complexity index is 899. The number of amides is 1. The zero-order chi connectivity index (χ0) is 19.6. The van der Waals surface area contributed by atoms with Crippen LogP contribution >= 0.6 is 0 Å². The van der Waals surface area contributed by atoms with Gasteiger partial charge in [0, 0.05) is 32.5 Å². The minimum atomic E-state index is -3.22. The lowest BCUT2D eigenvalue weighted by atomic mass is 10.0. The maximum Gasteiger partial charge on any atom is 0.223 e. The van der Waals surface area contributed by atoms with Crippen molar-refractivity contribution in [3.05, 3.63) is 46.8 Å². The molecule has 1 atom stereocenters. The molecule has 2 rings (SSSR count). The molecule has 0 aliphatic heterocycles. The molecule has 0 N–H and O–H groups in total. The maximum atomic E-state index is 12.6. The van der Waals surface area contributed by atoms with Gasteiger partial charge in [0.1, 0.15) is 0 Å². The summed E-state index contributed by atoms with van der Waals surface area (Å²) in [7, 11) is 0.467. The van der Waals surface area contributed by atoms with Gasteiger partial charge in [-0.25, -0.2) is 8.42 Å². The second-order valence-electron chi connectivity index (χ2n) is 6.79. The number of sulfone groups is 1. The van der Waals surface area contributed by atoms with E-state index in [9.17, 15) is 13.2 Å². The Hall–Kier alpha value is -2.15. The number of hydrogen-bond donors (Lipinski definition) is 0. The van der Waals surface area contributed by atoms with E-state index in [-0.39, 0.29) is 16.8 Å². The SMILES string of the molecule is Cc1nn(C)c(C)c1CCC(=O)N(C)C(C)c1ccc(S(C)(=O)=O)cc1. The molecule has 2 aromatic rings. The molecule has 0 aliphatic rings. The fourth-order valence-electron chi connectivity index (χ4n) is 3.02. The van der Waals surface area contributed by atoms with E-state index in [2.05, 4.69) is 5.10 Å². The Balaban J connectivity index is 2.05. The fourth-order valence-corrected chi connectivity index (χ4v) is 3.65. The first kappa shape index (κ1) is 20.2. The highest BCUT2D eigenvalue weighted by atomic mass is 32.2. The summed E-state index contributed by atoms with van der Waals surface area (Å²) in [6.07, 6.45) is 2.26. The van der Waals surface area contributed by atoms with E-state index >= 15 is 0 Å². The van der Waals surface area contributed by atoms with Crippen LogP contribution in [0.2, 0.25) is 0 Å². The van der Waals surface area contributed by atoms with Crippen LogP contribution in [0.25, 0.3) is 0 Å². The quantitative estimate of drug-likeness (QED) is 0.776. The third-order valence-corrected chi connectivity index (χ3v) is 6.14. The summed E-state index contributed by atoms with van der Waals surface area (Å²) in [5, 5.41) is 4.39. The van der Waals surface area contributed by atoms with Crippen LogP contribution in [0.5, 0.6) is 0 Å². The molecule has 1 aromatic heterocycles. The third kappa shape index (κ3) is 4.33. The first-order valence-corrected chi connectivity index (χ1v) is 10.5. The van der Waals surface area contributed by atoms with Gasteiger partial charge in [0.05, 0.1) is 16.6 Å². The van der Waals surface area contributed by atoms with Crippen LogP contribution < -0.4 is 0 Å². The third-order valence-electron chi connectivity index (χ3n) is 5.01. The summed E-state index contributed by atoms with van der Waals surface area (Å²) in [4.78, 5) is 14.6. The molecule has 0 bridgehead atoms. The van der Waals surface area contributed by atoms with Crippen molar-refractivity contribution in [2.45, 2.75) is 44.6 Å². The number of aryl methyl sites for hydroxylation is 2. The molecular weight excluding hydrogens is 350 g/mol. The van der Waals surface area contributed by atoms with E-state index in [1.54, 1.807) is 36.2 Å². The van der Waals surface area contributed by atoms with E-state index in [4.69, 9.17) is 0 Å². The number of nitrogens with zero attached hydrogens (tertiary/aromatic N) is 3. The van der Waals surface area contributed by atoms with Crippen molar-refractivity contribution in [3.8, 4) is 0 Å². The Morgan fingerprint density at radius 1 is 1.23 bits per heavy atom. The van der Waals surface area contributed by atoms with Gasteiger partial charge in [-0.1, -0.05) is 12.1 Å². The molecule has 1 heterocycles. The van der Waals surface area contributed by atoms with Gasteiger partial charge in [-0.05, 0) is 50.5 Å². The van der Waals surface area contributed by atoms with E-state index in [1.165, 1.54) is 6.26 Å². The molecule has 1 aromatic carbocycles. The van der Waals surface area contributed by atoms with Crippen molar-refractivity contribution < 1.29 is 13.2 Å². The van der Waals surface area contributed by atoms with E-state index in [0.717, 1.165) is 22.5 Å². The molecule has 1 amide bonds. The molecule has 1 unspecified atom stereocenters. The Labute approximate surface area is 155 Å². The van der Waals surface area contributed by atoms with Crippen LogP contribution in [0, 0.1) is 13.8 Å². The van der Waals surface area contributed by atoms with Gasteiger partial charge >= 0.3 is 0 Å². The molecule has 7 heteroatoms. The Morgan fingerprint density at radius 3 is 2.27 bits per heavy atom. The Morgan fingerprint density at radius 2 is 1.81 bits per heavy atom. The van der Waals surface area contributed by atoms with Crippen molar-refractivity contribution in [3.63, 3.8) is 0 Å². The van der Waals surface area contributed by atoms with Gasteiger partial charge in [0.25, 0.3) is 0 Å². The molecule has 142 valence electrons. The maximum absolute atomic E-state index is 12.6. The van der Waals surface area contributed by atoms with Crippen LogP contribution in [0.4, 0.5) is 0 Å². The van der Waals surface area contributed by atoms with Gasteiger partial charge in [0.2, 0.25) is 5.91 Å². The molecule has 0 aliphatic carbocycles. The summed E-state index contributed by atoms with van der Waals surface area (Å²) in [5.74, 6) is 0.0485. The predicted octanol–water partition coefficient (Wildman–Crippen LogP) is 2.59. The minimum Gasteiger partial charge on any atom is -0.339 e. The highest BCUT2D eigenvalue weighted by Gasteiger charge is 2.19. The lowest BCUT2D eigenvalue weighted by molar-refractivity contribution is -0.131. The van der Waals surface area contributed by atoms with Crippen molar-refractivity contribution in [2.75, 3.05) is 13.3 Å². The van der Waals surface area contributed by atoms with Gasteiger partial charge < -0.3 is 4.90 Å². The summed E-state index contributed by atoms with van der Waals surface area (Å²) < 4.78 is 25.0. The van der Waals surface area contributed by atoms with Gasteiger partial charge in [0.15, 0.2) is 9.84 Å². The molecule has 0 fully saturated rings. The normalized spacial score (nSPS) is 12.8. The average molecular weight is 378 g/mol. The van der Waals surface area contributed by atoms with E-state index in [0.29, 0.717) is 12.8 Å². The highest BCUT2D eigenvalue weighted by molar-refractivity contribution is 7.90. The fraction of sp³-hybridized carbons (Fsp3) is 0.474. The Kier molecular flexibility index (Phi) is 5.91. The lowest BCUT2D eigenvalue weighted by Crippen LogP contribution is -2.29. The molecular formula is C19H27N3O3S. The van der Waals surface area contributed by atoms with Crippen LogP contribution in [0.1, 0.15) is 41.9 Å². The van der Waals surface area contributed by atoms with Gasteiger partial charge in [-0.2, -0.15) is 5.10 Å². The van der Waals surface area contributed by atoms with Crippen LogP contribution in [-0.4, -0.2) is 42.3 Å². The summed E-state index contributed by atoms with van der Waals surface area (Å²) in [6.45, 7) is 5.91. The second kappa shape index (κ2) is 7.61. The number of aromatic nitrogens is 2. The van der Waals surface area contributed by atoms with Crippen LogP contribution in [0.3, 0.4) is 0 Å². The number of rotatable bonds is 6. The smallest absolute Gasteiger partial charge is 0.223 e. The largest absolute Gasteiger partial charge is 0.339 e. The second-order valence-corrected chi connectivity index (χ2v) is 8.81. The van der Waals surface area contributed by atoms with Crippen molar-refractivity contribution >= 4 is 15.7 Å². The summed E-state index contributed by atoms with van der Waals surface area (Å²) >= 11 is 0. The molecule has 6 nitrogen and oxygen atoms in total. The van der Waals surface area contributed by atoms with Crippen molar-refractivity contribution in [2.24, 2.45) is 7.05 Å². The molecule has 0 saturated heterocycles. The van der Waals surface area contributed by atoms with Crippen molar-refractivity contribution in [1.82, 2.24) is 14.7 Å². The summed E-state index contributed by atoms with van der Waals surface area (Å²) in [5.41, 5.74) is 4.08. The molecule has 26 heavy (non-hydrogen) atoms. The van der Waals surface area contributed by atoms with Gasteiger partial charge in [-0.15, -0.1) is 0 Å². The number of carbonyl (C=O) groups is 1. The topological polar surface area (TPSA) is 72.3 Å². The summed E-state index contributed by atoms with van der Waals surface area (Å²) in [6, 6.07) is 6.57. The molecule has 0 saturated carbocycles. The number of hydrogen-bond acceptors (Lipinski definition) is 4. The number of benzene rings is 1. The monoisotopic (exact) mass is 377 g/mol. The first-order valence-electron chi connectivity index (χ1n) is 8.57. The van der Waals surface area contributed by atoms with Crippen LogP contribution in [0.15, 0.2) is 29.2 Å².